The first-order valence-corrected chi connectivity index (χ1v) is 7.00. The van der Waals surface area contributed by atoms with Crippen molar-refractivity contribution in [1.82, 2.24) is 0 Å². The SMILES string of the molecule is [Cl-].[Cl-].[Cl-].[NH3+]CCCC[NH2+]CCC[NH2+]Cc1ccc(F)cc1. The van der Waals surface area contributed by atoms with Crippen LogP contribution in [0.3, 0.4) is 0 Å². The highest BCUT2D eigenvalue weighted by Gasteiger charge is 1.97. The van der Waals surface area contributed by atoms with Gasteiger partial charge in [-0.15, -0.1) is 0 Å². The molecule has 0 saturated heterocycles. The Kier molecular flexibility index (Phi) is 22.1. The molecule has 0 fully saturated rings. The number of halogens is 4. The van der Waals surface area contributed by atoms with Gasteiger partial charge in [0.25, 0.3) is 0 Å². The largest absolute Gasteiger partial charge is 1.00 e. The molecule has 0 unspecified atom stereocenters. The third-order valence-corrected chi connectivity index (χ3v) is 3.02. The molecule has 1 rings (SSSR count). The lowest BCUT2D eigenvalue weighted by atomic mass is 10.2. The quantitative estimate of drug-likeness (QED) is 0.346. The van der Waals surface area contributed by atoms with E-state index in [1.165, 1.54) is 50.0 Å². The molecule has 0 aliphatic rings. The first-order chi connectivity index (χ1) is 8.83. The van der Waals surface area contributed by atoms with Crippen LogP contribution in [-0.4, -0.2) is 26.2 Å². The van der Waals surface area contributed by atoms with Crippen LogP contribution in [0.15, 0.2) is 24.3 Å². The Bertz CT molecular complexity index is 313. The van der Waals surface area contributed by atoms with Crippen molar-refractivity contribution in [3.8, 4) is 0 Å². The molecule has 0 aromatic heterocycles. The van der Waals surface area contributed by atoms with Gasteiger partial charge in [-0.2, -0.15) is 0 Å². The minimum absolute atomic E-state index is 0. The summed E-state index contributed by atoms with van der Waals surface area (Å²) in [6, 6.07) is 6.77. The molecular formula is C14H27Cl3FN3. The molecule has 7 heteroatoms. The smallest absolute Gasteiger partial charge is 0.123 e. The van der Waals surface area contributed by atoms with E-state index in [9.17, 15) is 4.39 Å². The Hall–Kier alpha value is -0.100. The van der Waals surface area contributed by atoms with Crippen molar-refractivity contribution >= 4 is 0 Å². The molecule has 0 bridgehead atoms. The van der Waals surface area contributed by atoms with Crippen LogP contribution in [0, 0.1) is 5.82 Å². The van der Waals surface area contributed by atoms with Gasteiger partial charge in [0.1, 0.15) is 12.4 Å². The van der Waals surface area contributed by atoms with E-state index in [0.717, 1.165) is 19.6 Å². The molecule has 126 valence electrons. The van der Waals surface area contributed by atoms with Crippen LogP contribution in [0.25, 0.3) is 0 Å². The number of rotatable bonds is 10. The van der Waals surface area contributed by atoms with Gasteiger partial charge in [-0.25, -0.2) is 4.39 Å². The maximum Gasteiger partial charge on any atom is 0.123 e. The van der Waals surface area contributed by atoms with Crippen LogP contribution >= 0.6 is 0 Å². The van der Waals surface area contributed by atoms with Crippen molar-refractivity contribution in [2.75, 3.05) is 26.2 Å². The number of unbranched alkanes of at least 4 members (excludes halogenated alkanes) is 1. The lowest BCUT2D eigenvalue weighted by Crippen LogP contribution is -3.00. The highest BCUT2D eigenvalue weighted by Crippen LogP contribution is 2.00. The summed E-state index contributed by atoms with van der Waals surface area (Å²) < 4.78 is 12.7. The summed E-state index contributed by atoms with van der Waals surface area (Å²) in [5, 5.41) is 4.68. The van der Waals surface area contributed by atoms with Crippen molar-refractivity contribution in [3.63, 3.8) is 0 Å². The third-order valence-electron chi connectivity index (χ3n) is 3.02. The van der Waals surface area contributed by atoms with Gasteiger partial charge in [0, 0.05) is 24.8 Å². The molecule has 0 amide bonds. The minimum atomic E-state index is -0.157. The Morgan fingerprint density at radius 1 is 0.810 bits per heavy atom. The summed E-state index contributed by atoms with van der Waals surface area (Å²) in [5.74, 6) is -0.157. The zero-order chi connectivity index (χ0) is 13.1. The summed E-state index contributed by atoms with van der Waals surface area (Å²) >= 11 is 0. The molecule has 1 aromatic rings. The Balaban J connectivity index is -0.00000108. The fraction of sp³-hybridized carbons (Fsp3) is 0.571. The van der Waals surface area contributed by atoms with E-state index in [1.807, 2.05) is 12.1 Å². The van der Waals surface area contributed by atoms with E-state index >= 15 is 0 Å². The fourth-order valence-corrected chi connectivity index (χ4v) is 1.91. The van der Waals surface area contributed by atoms with Crippen molar-refractivity contribution in [2.24, 2.45) is 0 Å². The predicted molar refractivity (Wildman–Crippen MR) is 70.2 cm³/mol. The molecule has 0 atom stereocenters. The van der Waals surface area contributed by atoms with Gasteiger partial charge in [0.15, 0.2) is 0 Å². The van der Waals surface area contributed by atoms with Gasteiger partial charge in [0.2, 0.25) is 0 Å². The maximum absolute atomic E-state index is 12.7. The maximum atomic E-state index is 12.7. The van der Waals surface area contributed by atoms with Crippen LogP contribution in [0.5, 0.6) is 0 Å². The summed E-state index contributed by atoms with van der Waals surface area (Å²) in [7, 11) is 0. The van der Waals surface area contributed by atoms with Crippen LogP contribution in [0.1, 0.15) is 24.8 Å². The van der Waals surface area contributed by atoms with Crippen LogP contribution < -0.4 is 53.6 Å². The monoisotopic (exact) mass is 361 g/mol. The fourth-order valence-electron chi connectivity index (χ4n) is 1.91. The molecule has 0 saturated carbocycles. The standard InChI is InChI=1S/C14H24FN3.3ClH/c15-14-6-4-13(5-7-14)12-18-11-3-10-17-9-2-1-8-16;;;/h4-7,17-18H,1-3,8-12,16H2;3*1H. The Labute approximate surface area is 145 Å². The molecular weight excluding hydrogens is 336 g/mol. The van der Waals surface area contributed by atoms with Gasteiger partial charge >= 0.3 is 0 Å². The molecule has 0 aliphatic heterocycles. The van der Waals surface area contributed by atoms with Gasteiger partial charge < -0.3 is 53.6 Å². The van der Waals surface area contributed by atoms with Gasteiger partial charge in [-0.05, 0) is 12.1 Å². The normalized spacial score (nSPS) is 9.24. The van der Waals surface area contributed by atoms with E-state index in [4.69, 9.17) is 0 Å². The summed E-state index contributed by atoms with van der Waals surface area (Å²) in [5.41, 5.74) is 5.03. The molecule has 1 aromatic carbocycles. The lowest BCUT2D eigenvalue weighted by molar-refractivity contribution is -0.689. The Morgan fingerprint density at radius 2 is 1.38 bits per heavy atom. The second-order valence-corrected chi connectivity index (χ2v) is 4.69. The van der Waals surface area contributed by atoms with Gasteiger partial charge in [0.05, 0.1) is 26.2 Å². The molecule has 21 heavy (non-hydrogen) atoms. The predicted octanol–water partition coefficient (Wildman–Crippen LogP) is -10.1. The average Bonchev–Trinajstić information content (AvgIpc) is 2.39. The van der Waals surface area contributed by atoms with E-state index in [0.29, 0.717) is 0 Å². The molecule has 0 radical (unpaired) electrons. The number of hydrogen-bond acceptors (Lipinski definition) is 0. The van der Waals surface area contributed by atoms with Crippen molar-refractivity contribution < 1.29 is 58.0 Å². The van der Waals surface area contributed by atoms with E-state index in [1.54, 1.807) is 0 Å². The second kappa shape index (κ2) is 18.0. The first-order valence-electron chi connectivity index (χ1n) is 7.00. The topological polar surface area (TPSA) is 60.9 Å². The van der Waals surface area contributed by atoms with E-state index in [2.05, 4.69) is 16.4 Å². The summed E-state index contributed by atoms with van der Waals surface area (Å²) in [4.78, 5) is 0. The van der Waals surface area contributed by atoms with E-state index < -0.39 is 0 Å². The highest BCUT2D eigenvalue weighted by atomic mass is 35.5. The summed E-state index contributed by atoms with van der Waals surface area (Å²) in [6.45, 7) is 5.58. The lowest BCUT2D eigenvalue weighted by Gasteiger charge is -2.02. The molecule has 0 spiro atoms. The highest BCUT2D eigenvalue weighted by molar-refractivity contribution is 5.14. The number of benzene rings is 1. The van der Waals surface area contributed by atoms with Crippen molar-refractivity contribution in [3.05, 3.63) is 35.6 Å². The number of nitrogens with two attached hydrogens (primary N) is 2. The van der Waals surface area contributed by atoms with Crippen molar-refractivity contribution in [1.29, 1.82) is 0 Å². The van der Waals surface area contributed by atoms with Crippen molar-refractivity contribution in [2.45, 2.75) is 25.8 Å². The minimum Gasteiger partial charge on any atom is -1.00 e. The van der Waals surface area contributed by atoms with Crippen LogP contribution in [0.4, 0.5) is 4.39 Å². The van der Waals surface area contributed by atoms with Crippen LogP contribution in [-0.2, 0) is 6.54 Å². The molecule has 0 aliphatic carbocycles. The zero-order valence-electron chi connectivity index (χ0n) is 12.3. The zero-order valence-corrected chi connectivity index (χ0v) is 14.6. The molecule has 0 heterocycles. The number of hydrogen-bond donors (Lipinski definition) is 3. The molecule has 3 nitrogen and oxygen atoms in total. The second-order valence-electron chi connectivity index (χ2n) is 4.69. The van der Waals surface area contributed by atoms with Gasteiger partial charge in [-0.3, -0.25) is 0 Å². The average molecular weight is 363 g/mol. The molecule has 7 N–H and O–H groups in total. The third kappa shape index (κ3) is 14.6. The summed E-state index contributed by atoms with van der Waals surface area (Å²) in [6.07, 6.45) is 3.75. The van der Waals surface area contributed by atoms with E-state index in [-0.39, 0.29) is 43.0 Å². The first kappa shape index (κ1) is 25.8. The van der Waals surface area contributed by atoms with Gasteiger partial charge in [-0.1, -0.05) is 12.1 Å². The number of quaternary nitrogens is 3. The van der Waals surface area contributed by atoms with Crippen LogP contribution in [0.2, 0.25) is 0 Å². The Morgan fingerprint density at radius 3 is 2.00 bits per heavy atom.